The number of carbonyl (C=O) groups excluding carboxylic acids is 1. The zero-order chi connectivity index (χ0) is 12.7. The summed E-state index contributed by atoms with van der Waals surface area (Å²) in [5.74, 6) is 0.402. The Hall–Kier alpha value is -1.62. The van der Waals surface area contributed by atoms with Crippen LogP contribution in [0.25, 0.3) is 0 Å². The first-order chi connectivity index (χ1) is 8.19. The van der Waals surface area contributed by atoms with E-state index in [1.165, 1.54) is 7.11 Å². The summed E-state index contributed by atoms with van der Waals surface area (Å²) in [4.78, 5) is 15.6. The van der Waals surface area contributed by atoms with Crippen LogP contribution >= 0.6 is 0 Å². The van der Waals surface area contributed by atoms with Gasteiger partial charge in [-0.1, -0.05) is 6.07 Å². The van der Waals surface area contributed by atoms with Crippen LogP contribution in [0.2, 0.25) is 0 Å². The number of rotatable bonds is 6. The maximum atomic E-state index is 11.5. The Balaban J connectivity index is 2.59. The monoisotopic (exact) mass is 238 g/mol. The van der Waals surface area contributed by atoms with E-state index < -0.39 is 6.10 Å². The van der Waals surface area contributed by atoms with Crippen LogP contribution in [0.3, 0.4) is 0 Å². The van der Waals surface area contributed by atoms with E-state index in [-0.39, 0.29) is 5.91 Å². The number of methoxy groups -OCH3 is 1. The quantitative estimate of drug-likeness (QED) is 0.807. The number of pyridine rings is 1. The van der Waals surface area contributed by atoms with E-state index in [9.17, 15) is 4.79 Å². The van der Waals surface area contributed by atoms with Gasteiger partial charge in [0.15, 0.2) is 0 Å². The molecule has 94 valence electrons. The largest absolute Gasteiger partial charge is 0.478 e. The fourth-order valence-corrected chi connectivity index (χ4v) is 1.26. The third kappa shape index (κ3) is 4.03. The van der Waals surface area contributed by atoms with Gasteiger partial charge < -0.3 is 14.8 Å². The van der Waals surface area contributed by atoms with E-state index in [1.807, 2.05) is 19.1 Å². The molecule has 1 amide bonds. The molecule has 1 rings (SSSR count). The van der Waals surface area contributed by atoms with Gasteiger partial charge in [0.05, 0.1) is 6.61 Å². The second-order valence-corrected chi connectivity index (χ2v) is 3.50. The summed E-state index contributed by atoms with van der Waals surface area (Å²) in [6, 6.07) is 3.68. The zero-order valence-corrected chi connectivity index (χ0v) is 10.4. The smallest absolute Gasteiger partial charge is 0.249 e. The Labute approximate surface area is 101 Å². The minimum absolute atomic E-state index is 0.154. The van der Waals surface area contributed by atoms with Crippen molar-refractivity contribution in [2.24, 2.45) is 0 Å². The van der Waals surface area contributed by atoms with Crippen LogP contribution in [0.4, 0.5) is 0 Å². The maximum Gasteiger partial charge on any atom is 0.249 e. The summed E-state index contributed by atoms with van der Waals surface area (Å²) in [5.41, 5.74) is 0.853. The fraction of sp³-hybridized carbons (Fsp3) is 0.500. The van der Waals surface area contributed by atoms with Crippen molar-refractivity contribution < 1.29 is 14.3 Å². The van der Waals surface area contributed by atoms with Gasteiger partial charge in [0.2, 0.25) is 11.8 Å². The number of nitrogens with one attached hydrogen (secondary N) is 1. The summed E-state index contributed by atoms with van der Waals surface area (Å²) < 4.78 is 10.3. The van der Waals surface area contributed by atoms with Gasteiger partial charge in [-0.25, -0.2) is 4.98 Å². The maximum absolute atomic E-state index is 11.5. The number of amides is 1. The van der Waals surface area contributed by atoms with E-state index >= 15 is 0 Å². The van der Waals surface area contributed by atoms with E-state index in [4.69, 9.17) is 9.47 Å². The zero-order valence-electron chi connectivity index (χ0n) is 10.4. The highest BCUT2D eigenvalue weighted by Crippen LogP contribution is 2.13. The van der Waals surface area contributed by atoms with Crippen molar-refractivity contribution >= 4 is 5.91 Å². The highest BCUT2D eigenvalue weighted by molar-refractivity contribution is 5.80. The summed E-state index contributed by atoms with van der Waals surface area (Å²) in [7, 11) is 1.50. The third-order valence-electron chi connectivity index (χ3n) is 2.31. The molecule has 1 aromatic rings. The van der Waals surface area contributed by atoms with Gasteiger partial charge in [-0.3, -0.25) is 4.79 Å². The van der Waals surface area contributed by atoms with Crippen molar-refractivity contribution in [3.63, 3.8) is 0 Å². The standard InChI is InChI=1S/C12H18N2O3/c1-4-17-12-10(6-5-7-13-12)8-14-11(15)9(2)16-3/h5-7,9H,4,8H2,1-3H3,(H,14,15). The van der Waals surface area contributed by atoms with Crippen molar-refractivity contribution in [2.45, 2.75) is 26.5 Å². The lowest BCUT2D eigenvalue weighted by Crippen LogP contribution is -2.33. The molecular formula is C12H18N2O3. The topological polar surface area (TPSA) is 60.5 Å². The molecule has 1 N–H and O–H groups in total. The molecule has 1 aromatic heterocycles. The lowest BCUT2D eigenvalue weighted by atomic mass is 10.2. The van der Waals surface area contributed by atoms with E-state index in [0.717, 1.165) is 5.56 Å². The first kappa shape index (κ1) is 13.4. The molecule has 1 unspecified atom stereocenters. The Bertz CT molecular complexity index is 369. The molecule has 17 heavy (non-hydrogen) atoms. The van der Waals surface area contributed by atoms with E-state index in [2.05, 4.69) is 10.3 Å². The van der Waals surface area contributed by atoms with Gasteiger partial charge in [-0.15, -0.1) is 0 Å². The Morgan fingerprint density at radius 1 is 1.59 bits per heavy atom. The van der Waals surface area contributed by atoms with Crippen LogP contribution in [-0.4, -0.2) is 30.7 Å². The van der Waals surface area contributed by atoms with Crippen molar-refractivity contribution in [3.8, 4) is 5.88 Å². The Morgan fingerprint density at radius 3 is 3.00 bits per heavy atom. The lowest BCUT2D eigenvalue weighted by molar-refractivity contribution is -0.130. The summed E-state index contributed by atoms with van der Waals surface area (Å²) >= 11 is 0. The van der Waals surface area contributed by atoms with Gasteiger partial charge in [0, 0.05) is 25.4 Å². The van der Waals surface area contributed by atoms with E-state index in [1.54, 1.807) is 13.1 Å². The molecular weight excluding hydrogens is 220 g/mol. The number of ether oxygens (including phenoxy) is 2. The molecule has 0 fully saturated rings. The Kier molecular flexibility index (Phi) is 5.42. The molecule has 0 aliphatic rings. The fourth-order valence-electron chi connectivity index (χ4n) is 1.26. The van der Waals surface area contributed by atoms with Gasteiger partial charge in [-0.05, 0) is 19.9 Å². The van der Waals surface area contributed by atoms with Crippen LogP contribution in [-0.2, 0) is 16.1 Å². The van der Waals surface area contributed by atoms with Gasteiger partial charge in [-0.2, -0.15) is 0 Å². The van der Waals surface area contributed by atoms with Gasteiger partial charge >= 0.3 is 0 Å². The van der Waals surface area contributed by atoms with Crippen molar-refractivity contribution in [1.82, 2.24) is 10.3 Å². The predicted octanol–water partition coefficient (Wildman–Crippen LogP) is 1.13. The van der Waals surface area contributed by atoms with Crippen LogP contribution in [0, 0.1) is 0 Å². The molecule has 5 nitrogen and oxygen atoms in total. The summed E-state index contributed by atoms with van der Waals surface area (Å²) in [6.07, 6.45) is 1.20. The third-order valence-corrected chi connectivity index (χ3v) is 2.31. The normalized spacial score (nSPS) is 11.9. The molecule has 1 heterocycles. The van der Waals surface area contributed by atoms with E-state index in [0.29, 0.717) is 19.0 Å². The second-order valence-electron chi connectivity index (χ2n) is 3.50. The first-order valence-electron chi connectivity index (χ1n) is 5.56. The number of hydrogen-bond donors (Lipinski definition) is 1. The lowest BCUT2D eigenvalue weighted by Gasteiger charge is -2.12. The molecule has 0 saturated carbocycles. The minimum Gasteiger partial charge on any atom is -0.478 e. The number of hydrogen-bond acceptors (Lipinski definition) is 4. The van der Waals surface area contributed by atoms with Crippen LogP contribution in [0.15, 0.2) is 18.3 Å². The minimum atomic E-state index is -0.456. The average molecular weight is 238 g/mol. The van der Waals surface area contributed by atoms with Gasteiger partial charge in [0.1, 0.15) is 6.10 Å². The van der Waals surface area contributed by atoms with Crippen molar-refractivity contribution in [2.75, 3.05) is 13.7 Å². The van der Waals surface area contributed by atoms with Crippen molar-refractivity contribution in [1.29, 1.82) is 0 Å². The first-order valence-corrected chi connectivity index (χ1v) is 5.56. The number of carbonyl (C=O) groups is 1. The van der Waals surface area contributed by atoms with Crippen LogP contribution < -0.4 is 10.1 Å². The SMILES string of the molecule is CCOc1ncccc1CNC(=O)C(C)OC. The summed E-state index contributed by atoms with van der Waals surface area (Å²) in [5, 5.41) is 2.76. The second kappa shape index (κ2) is 6.85. The highest BCUT2D eigenvalue weighted by atomic mass is 16.5. The number of aromatic nitrogens is 1. The highest BCUT2D eigenvalue weighted by Gasteiger charge is 2.12. The Morgan fingerprint density at radius 2 is 2.35 bits per heavy atom. The molecule has 5 heteroatoms. The molecule has 0 bridgehead atoms. The molecule has 0 aromatic carbocycles. The molecule has 0 saturated heterocycles. The molecule has 0 radical (unpaired) electrons. The van der Waals surface area contributed by atoms with Gasteiger partial charge in [0.25, 0.3) is 0 Å². The summed E-state index contributed by atoms with van der Waals surface area (Å²) in [6.45, 7) is 4.52. The predicted molar refractivity (Wildman–Crippen MR) is 63.7 cm³/mol. The van der Waals surface area contributed by atoms with Crippen LogP contribution in [0.1, 0.15) is 19.4 Å². The molecule has 1 atom stereocenters. The molecule has 0 aliphatic heterocycles. The van der Waals surface area contributed by atoms with Crippen LogP contribution in [0.5, 0.6) is 5.88 Å². The molecule has 0 aliphatic carbocycles. The number of nitrogens with zero attached hydrogens (tertiary/aromatic N) is 1. The van der Waals surface area contributed by atoms with Crippen molar-refractivity contribution in [3.05, 3.63) is 23.9 Å². The average Bonchev–Trinajstić information content (AvgIpc) is 2.36. The molecule has 0 spiro atoms.